The van der Waals surface area contributed by atoms with Crippen molar-refractivity contribution in [3.05, 3.63) is 69.2 Å². The summed E-state index contributed by atoms with van der Waals surface area (Å²) in [7, 11) is 1.37. The normalized spacial score (nSPS) is 16.1. The number of ether oxygens (including phenoxy) is 1. The van der Waals surface area contributed by atoms with Gasteiger partial charge in [-0.25, -0.2) is 0 Å². The lowest BCUT2D eigenvalue weighted by Crippen LogP contribution is -2.39. The zero-order valence-corrected chi connectivity index (χ0v) is 18.0. The van der Waals surface area contributed by atoms with Gasteiger partial charge in [0, 0.05) is 25.6 Å². The summed E-state index contributed by atoms with van der Waals surface area (Å²) < 4.78 is 44.0. The van der Waals surface area contributed by atoms with Gasteiger partial charge in [0.2, 0.25) is 5.91 Å². The Morgan fingerprint density at radius 1 is 1.23 bits per heavy atom. The predicted molar refractivity (Wildman–Crippen MR) is 111 cm³/mol. The highest BCUT2D eigenvalue weighted by molar-refractivity contribution is 6.42. The van der Waals surface area contributed by atoms with E-state index in [1.165, 1.54) is 24.1 Å². The molecule has 3 rings (SSSR count). The van der Waals surface area contributed by atoms with E-state index in [2.05, 4.69) is 5.16 Å². The van der Waals surface area contributed by atoms with Gasteiger partial charge in [-0.3, -0.25) is 4.79 Å². The summed E-state index contributed by atoms with van der Waals surface area (Å²) in [4.78, 5) is 19.4. The molecule has 31 heavy (non-hydrogen) atoms. The van der Waals surface area contributed by atoms with E-state index >= 15 is 0 Å². The first kappa shape index (κ1) is 23.4. The second kappa shape index (κ2) is 9.89. The van der Waals surface area contributed by atoms with E-state index < -0.39 is 17.8 Å². The highest BCUT2D eigenvalue weighted by atomic mass is 35.5. The molecule has 1 aliphatic rings. The molecule has 5 nitrogen and oxygen atoms in total. The number of nitrogens with zero attached hydrogens (tertiary/aromatic N) is 2. The van der Waals surface area contributed by atoms with E-state index in [-0.39, 0.29) is 25.6 Å². The Kier molecular flexibility index (Phi) is 7.46. The van der Waals surface area contributed by atoms with Crippen molar-refractivity contribution in [3.63, 3.8) is 0 Å². The number of carbonyl (C=O) groups is 1. The van der Waals surface area contributed by atoms with Gasteiger partial charge in [0.15, 0.2) is 6.10 Å². The Morgan fingerprint density at radius 2 is 2.00 bits per heavy atom. The van der Waals surface area contributed by atoms with Crippen LogP contribution in [0.1, 0.15) is 23.1 Å². The van der Waals surface area contributed by atoms with Crippen molar-refractivity contribution >= 4 is 34.8 Å². The molecule has 0 N–H and O–H groups in total. The van der Waals surface area contributed by atoms with Crippen LogP contribution in [0.4, 0.5) is 13.2 Å². The predicted octanol–water partition coefficient (Wildman–Crippen LogP) is 5.18. The molecule has 1 aliphatic heterocycles. The van der Waals surface area contributed by atoms with E-state index in [1.807, 2.05) is 0 Å². The van der Waals surface area contributed by atoms with Crippen molar-refractivity contribution in [1.82, 2.24) is 4.90 Å². The number of amides is 1. The molecule has 2 aromatic carbocycles. The van der Waals surface area contributed by atoms with Gasteiger partial charge in [0.25, 0.3) is 0 Å². The fourth-order valence-corrected chi connectivity index (χ4v) is 3.45. The van der Waals surface area contributed by atoms with Gasteiger partial charge < -0.3 is 14.5 Å². The van der Waals surface area contributed by atoms with E-state index in [0.29, 0.717) is 27.7 Å². The SMILES string of the molecule is COCC(=O)N(Cc1cccc(C(F)(F)F)c1)CC1CC(c2ccc(Cl)c(Cl)c2)=NO1. The molecular formula is C21H19Cl2F3N2O3. The molecule has 10 heteroatoms. The van der Waals surface area contributed by atoms with E-state index in [4.69, 9.17) is 32.8 Å². The van der Waals surface area contributed by atoms with Crippen LogP contribution in [0.5, 0.6) is 0 Å². The first-order valence-corrected chi connectivity index (χ1v) is 10.0. The standard InChI is InChI=1S/C21H19Cl2F3N2O3/c1-30-12-20(29)28(10-13-3-2-4-15(7-13)21(24,25)26)11-16-9-19(27-31-16)14-5-6-17(22)18(23)8-14/h2-8,16H,9-12H2,1H3. The number of benzene rings is 2. The van der Waals surface area contributed by atoms with Crippen LogP contribution in [0.15, 0.2) is 47.6 Å². The molecule has 0 saturated heterocycles. The van der Waals surface area contributed by atoms with Crippen LogP contribution >= 0.6 is 23.2 Å². The minimum absolute atomic E-state index is 0.0198. The molecule has 0 bridgehead atoms. The summed E-state index contributed by atoms with van der Waals surface area (Å²) in [5.74, 6) is -0.369. The summed E-state index contributed by atoms with van der Waals surface area (Å²) in [5.41, 5.74) is 0.959. The van der Waals surface area contributed by atoms with Crippen molar-refractivity contribution in [2.45, 2.75) is 25.2 Å². The van der Waals surface area contributed by atoms with Gasteiger partial charge in [0.05, 0.1) is 27.9 Å². The molecule has 1 amide bonds. The molecular weight excluding hydrogens is 456 g/mol. The van der Waals surface area contributed by atoms with Crippen molar-refractivity contribution in [2.75, 3.05) is 20.3 Å². The number of oxime groups is 1. The van der Waals surface area contributed by atoms with Gasteiger partial charge in [-0.1, -0.05) is 46.6 Å². The van der Waals surface area contributed by atoms with Crippen LogP contribution in [-0.2, 0) is 27.1 Å². The number of hydrogen-bond donors (Lipinski definition) is 0. The fourth-order valence-electron chi connectivity index (χ4n) is 3.15. The minimum atomic E-state index is -4.46. The van der Waals surface area contributed by atoms with Gasteiger partial charge in [0.1, 0.15) is 6.61 Å². The van der Waals surface area contributed by atoms with Crippen molar-refractivity contribution in [2.24, 2.45) is 5.16 Å². The Morgan fingerprint density at radius 3 is 2.68 bits per heavy atom. The van der Waals surface area contributed by atoms with Crippen molar-refractivity contribution in [1.29, 1.82) is 0 Å². The largest absolute Gasteiger partial charge is 0.416 e. The first-order valence-electron chi connectivity index (χ1n) is 9.28. The lowest BCUT2D eigenvalue weighted by molar-refractivity contribution is -0.137. The van der Waals surface area contributed by atoms with Crippen LogP contribution in [0.25, 0.3) is 0 Å². The summed E-state index contributed by atoms with van der Waals surface area (Å²) >= 11 is 12.0. The minimum Gasteiger partial charge on any atom is -0.390 e. The molecule has 2 aromatic rings. The molecule has 0 aliphatic carbocycles. The van der Waals surface area contributed by atoms with Crippen molar-refractivity contribution < 1.29 is 27.5 Å². The Bertz CT molecular complexity index is 983. The Labute approximate surface area is 187 Å². The fraction of sp³-hybridized carbons (Fsp3) is 0.333. The van der Waals surface area contributed by atoms with Crippen LogP contribution in [0.3, 0.4) is 0 Å². The lowest BCUT2D eigenvalue weighted by Gasteiger charge is -2.25. The molecule has 1 atom stereocenters. The molecule has 1 unspecified atom stereocenters. The van der Waals surface area contributed by atoms with Crippen molar-refractivity contribution in [3.8, 4) is 0 Å². The summed E-state index contributed by atoms with van der Waals surface area (Å²) in [5, 5.41) is 4.86. The van der Waals surface area contributed by atoms with E-state index in [9.17, 15) is 18.0 Å². The van der Waals surface area contributed by atoms with Crippen LogP contribution < -0.4 is 0 Å². The molecule has 0 radical (unpaired) electrons. The Balaban J connectivity index is 1.71. The number of methoxy groups -OCH3 is 1. The molecule has 0 spiro atoms. The highest BCUT2D eigenvalue weighted by Crippen LogP contribution is 2.30. The Hall–Kier alpha value is -2.29. The smallest absolute Gasteiger partial charge is 0.390 e. The number of halogens is 5. The van der Waals surface area contributed by atoms with Crippen LogP contribution in [-0.4, -0.2) is 42.9 Å². The topological polar surface area (TPSA) is 51.1 Å². The van der Waals surface area contributed by atoms with Gasteiger partial charge in [-0.15, -0.1) is 0 Å². The number of carbonyl (C=O) groups excluding carboxylic acids is 1. The van der Waals surface area contributed by atoms with Gasteiger partial charge in [-0.2, -0.15) is 13.2 Å². The zero-order valence-electron chi connectivity index (χ0n) is 16.5. The van der Waals surface area contributed by atoms with E-state index in [0.717, 1.165) is 17.7 Å². The highest BCUT2D eigenvalue weighted by Gasteiger charge is 2.31. The molecule has 0 fully saturated rings. The molecule has 0 saturated carbocycles. The summed E-state index contributed by atoms with van der Waals surface area (Å²) in [6.45, 7) is -0.0902. The average Bonchev–Trinajstić information content (AvgIpc) is 3.18. The van der Waals surface area contributed by atoms with Crippen LogP contribution in [0.2, 0.25) is 10.0 Å². The number of alkyl halides is 3. The molecule has 1 heterocycles. The second-order valence-electron chi connectivity index (χ2n) is 7.00. The maximum absolute atomic E-state index is 13.0. The average molecular weight is 475 g/mol. The third-order valence-corrected chi connectivity index (χ3v) is 5.40. The third kappa shape index (κ3) is 6.12. The monoisotopic (exact) mass is 474 g/mol. The summed E-state index contributed by atoms with van der Waals surface area (Å²) in [6.07, 6.45) is -4.53. The number of hydrogen-bond acceptors (Lipinski definition) is 4. The number of rotatable bonds is 7. The second-order valence-corrected chi connectivity index (χ2v) is 7.82. The third-order valence-electron chi connectivity index (χ3n) is 4.66. The van der Waals surface area contributed by atoms with E-state index in [1.54, 1.807) is 18.2 Å². The molecule has 166 valence electrons. The summed E-state index contributed by atoms with van der Waals surface area (Å²) in [6, 6.07) is 9.95. The first-order chi connectivity index (χ1) is 14.7. The lowest BCUT2D eigenvalue weighted by atomic mass is 10.0. The maximum Gasteiger partial charge on any atom is 0.416 e. The zero-order chi connectivity index (χ0) is 22.6. The quantitative estimate of drug-likeness (QED) is 0.555. The van der Waals surface area contributed by atoms with Gasteiger partial charge >= 0.3 is 6.18 Å². The van der Waals surface area contributed by atoms with Gasteiger partial charge in [-0.05, 0) is 29.8 Å². The molecule has 0 aromatic heterocycles. The van der Waals surface area contributed by atoms with Crippen LogP contribution in [0, 0.1) is 0 Å². The maximum atomic E-state index is 13.0.